The van der Waals surface area contributed by atoms with Gasteiger partial charge in [0.05, 0.1) is 13.2 Å². The molecule has 0 bridgehead atoms. The van der Waals surface area contributed by atoms with Crippen molar-refractivity contribution in [3.8, 4) is 5.75 Å². The topological polar surface area (TPSA) is 70.6 Å². The molecule has 0 atom stereocenters. The second kappa shape index (κ2) is 9.57. The second-order valence-corrected chi connectivity index (χ2v) is 5.52. The Morgan fingerprint density at radius 2 is 1.67 bits per heavy atom. The van der Waals surface area contributed by atoms with Crippen LogP contribution in [-0.4, -0.2) is 30.8 Å². The van der Waals surface area contributed by atoms with Crippen molar-refractivity contribution in [2.75, 3.05) is 19.7 Å². The fraction of sp³-hybridized carbons (Fsp3) is 0.316. The number of ether oxygens (including phenoxy) is 1. The molecule has 5 nitrogen and oxygen atoms in total. The van der Waals surface area contributed by atoms with E-state index in [9.17, 15) is 4.79 Å². The highest BCUT2D eigenvalue weighted by Crippen LogP contribution is 2.15. The Bertz CT molecular complexity index is 641. The van der Waals surface area contributed by atoms with E-state index < -0.39 is 0 Å². The lowest BCUT2D eigenvalue weighted by Crippen LogP contribution is -2.38. The molecule has 0 saturated heterocycles. The van der Waals surface area contributed by atoms with E-state index in [1.165, 1.54) is 0 Å². The van der Waals surface area contributed by atoms with Crippen LogP contribution in [0.5, 0.6) is 5.75 Å². The maximum atomic E-state index is 11.7. The van der Waals surface area contributed by atoms with Crippen molar-refractivity contribution in [1.82, 2.24) is 10.6 Å². The van der Waals surface area contributed by atoms with E-state index in [0.717, 1.165) is 28.9 Å². The van der Waals surface area contributed by atoms with Crippen LogP contribution in [0.15, 0.2) is 48.5 Å². The highest BCUT2D eigenvalue weighted by Gasteiger charge is 2.01. The fourth-order valence-corrected chi connectivity index (χ4v) is 2.24. The van der Waals surface area contributed by atoms with E-state index >= 15 is 0 Å². The Hall–Kier alpha value is -2.53. The third kappa shape index (κ3) is 5.93. The Kier molecular flexibility index (Phi) is 7.11. The largest absolute Gasteiger partial charge is 0.491 e. The molecule has 5 heteroatoms. The third-order valence-electron chi connectivity index (χ3n) is 3.64. The van der Waals surface area contributed by atoms with Gasteiger partial charge in [0, 0.05) is 6.54 Å². The number of hydrogen-bond donors (Lipinski definition) is 3. The molecule has 0 radical (unpaired) electrons. The van der Waals surface area contributed by atoms with Gasteiger partial charge in [-0.1, -0.05) is 42.5 Å². The van der Waals surface area contributed by atoms with Gasteiger partial charge in [-0.15, -0.1) is 0 Å². The first kappa shape index (κ1) is 17.8. The summed E-state index contributed by atoms with van der Waals surface area (Å²) in [4.78, 5) is 11.7. The third-order valence-corrected chi connectivity index (χ3v) is 3.64. The molecular formula is C19H24N2O3. The minimum Gasteiger partial charge on any atom is -0.491 e. The quantitative estimate of drug-likeness (QED) is 0.652. The molecule has 0 aliphatic rings. The lowest BCUT2D eigenvalue weighted by atomic mass is 10.1. The number of hydrogen-bond acceptors (Lipinski definition) is 3. The summed E-state index contributed by atoms with van der Waals surface area (Å²) in [7, 11) is 0. The zero-order valence-corrected chi connectivity index (χ0v) is 13.9. The predicted molar refractivity (Wildman–Crippen MR) is 94.1 cm³/mol. The molecule has 2 amide bonds. The minimum atomic E-state index is -0.199. The molecule has 0 aliphatic heterocycles. The zero-order chi connectivity index (χ0) is 17.2. The first-order chi connectivity index (χ1) is 11.7. The van der Waals surface area contributed by atoms with Crippen LogP contribution in [0, 0.1) is 6.92 Å². The Morgan fingerprint density at radius 3 is 2.38 bits per heavy atom. The monoisotopic (exact) mass is 328 g/mol. The molecular weight excluding hydrogens is 304 g/mol. The van der Waals surface area contributed by atoms with Gasteiger partial charge in [0.15, 0.2) is 0 Å². The van der Waals surface area contributed by atoms with Crippen LogP contribution in [0.4, 0.5) is 4.79 Å². The van der Waals surface area contributed by atoms with Gasteiger partial charge in [0.1, 0.15) is 12.4 Å². The van der Waals surface area contributed by atoms with Crippen LogP contribution in [-0.2, 0) is 13.0 Å². The average molecular weight is 328 g/mol. The highest BCUT2D eigenvalue weighted by atomic mass is 16.5. The fourth-order valence-electron chi connectivity index (χ4n) is 2.24. The van der Waals surface area contributed by atoms with Gasteiger partial charge in [-0.3, -0.25) is 0 Å². The number of aliphatic hydroxyl groups excluding tert-OH is 1. The lowest BCUT2D eigenvalue weighted by molar-refractivity contribution is 0.236. The van der Waals surface area contributed by atoms with Gasteiger partial charge in [-0.25, -0.2) is 4.79 Å². The van der Waals surface area contributed by atoms with Gasteiger partial charge in [-0.05, 0) is 36.1 Å². The average Bonchev–Trinajstić information content (AvgIpc) is 2.61. The van der Waals surface area contributed by atoms with E-state index in [4.69, 9.17) is 9.84 Å². The molecule has 2 rings (SSSR count). The molecule has 0 heterocycles. The van der Waals surface area contributed by atoms with Crippen LogP contribution in [0.2, 0.25) is 0 Å². The number of carbonyl (C=O) groups excluding carboxylic acids is 1. The summed E-state index contributed by atoms with van der Waals surface area (Å²) >= 11 is 0. The van der Waals surface area contributed by atoms with Crippen molar-refractivity contribution < 1.29 is 14.6 Å². The predicted octanol–water partition coefficient (Wildman–Crippen LogP) is 2.41. The van der Waals surface area contributed by atoms with E-state index in [1.54, 1.807) is 0 Å². The Labute approximate surface area is 142 Å². The van der Waals surface area contributed by atoms with Gasteiger partial charge in [0.2, 0.25) is 0 Å². The number of benzene rings is 2. The first-order valence-corrected chi connectivity index (χ1v) is 8.08. The van der Waals surface area contributed by atoms with Gasteiger partial charge >= 0.3 is 6.03 Å². The van der Waals surface area contributed by atoms with Crippen molar-refractivity contribution >= 4 is 6.03 Å². The molecule has 0 fully saturated rings. The first-order valence-electron chi connectivity index (χ1n) is 8.08. The smallest absolute Gasteiger partial charge is 0.314 e. The zero-order valence-electron chi connectivity index (χ0n) is 13.9. The molecule has 0 saturated carbocycles. The van der Waals surface area contributed by atoms with Crippen LogP contribution in [0.3, 0.4) is 0 Å². The molecule has 0 aromatic heterocycles. The van der Waals surface area contributed by atoms with Crippen molar-refractivity contribution in [2.24, 2.45) is 0 Å². The summed E-state index contributed by atoms with van der Waals surface area (Å²) in [6, 6.07) is 15.3. The Balaban J connectivity index is 1.58. The highest BCUT2D eigenvalue weighted by molar-refractivity contribution is 5.73. The summed E-state index contributed by atoms with van der Waals surface area (Å²) in [5.41, 5.74) is 3.09. The van der Waals surface area contributed by atoms with Gasteiger partial charge < -0.3 is 20.5 Å². The maximum Gasteiger partial charge on any atom is 0.314 e. The molecule has 0 spiro atoms. The van der Waals surface area contributed by atoms with E-state index in [2.05, 4.69) is 10.6 Å². The number of urea groups is 1. The van der Waals surface area contributed by atoms with Crippen LogP contribution in [0.25, 0.3) is 0 Å². The minimum absolute atomic E-state index is 0.0471. The number of aliphatic hydroxyl groups is 1. The van der Waals surface area contributed by atoms with E-state index in [-0.39, 0.29) is 12.6 Å². The summed E-state index contributed by atoms with van der Waals surface area (Å²) in [5, 5.41) is 14.6. The molecule has 0 unspecified atom stereocenters. The summed E-state index contributed by atoms with van der Waals surface area (Å²) in [6.45, 7) is 3.48. The standard InChI is InChI=1S/C19H24N2O3/c1-15-4-2-3-5-18(15)24-13-12-21-19(23)20-11-10-16-6-8-17(14-22)9-7-16/h2-9,22H,10-14H2,1H3,(H2,20,21,23). The summed E-state index contributed by atoms with van der Waals surface area (Å²) < 4.78 is 5.62. The van der Waals surface area contributed by atoms with Crippen molar-refractivity contribution in [3.63, 3.8) is 0 Å². The van der Waals surface area contributed by atoms with Crippen molar-refractivity contribution in [2.45, 2.75) is 20.0 Å². The Morgan fingerprint density at radius 1 is 1.00 bits per heavy atom. The number of amides is 2. The van der Waals surface area contributed by atoms with E-state index in [1.807, 2.05) is 55.5 Å². The normalized spacial score (nSPS) is 10.2. The van der Waals surface area contributed by atoms with Gasteiger partial charge in [0.25, 0.3) is 0 Å². The van der Waals surface area contributed by atoms with Crippen molar-refractivity contribution in [3.05, 3.63) is 65.2 Å². The molecule has 2 aromatic rings. The maximum absolute atomic E-state index is 11.7. The number of para-hydroxylation sites is 1. The second-order valence-electron chi connectivity index (χ2n) is 5.52. The number of carbonyl (C=O) groups is 1. The van der Waals surface area contributed by atoms with Gasteiger partial charge in [-0.2, -0.15) is 0 Å². The number of nitrogens with one attached hydrogen (secondary N) is 2. The SMILES string of the molecule is Cc1ccccc1OCCNC(=O)NCCc1ccc(CO)cc1. The summed E-state index contributed by atoms with van der Waals surface area (Å²) in [5.74, 6) is 0.839. The van der Waals surface area contributed by atoms with Crippen molar-refractivity contribution in [1.29, 1.82) is 0 Å². The molecule has 24 heavy (non-hydrogen) atoms. The lowest BCUT2D eigenvalue weighted by Gasteiger charge is -2.10. The molecule has 0 aliphatic carbocycles. The number of aryl methyl sites for hydroxylation is 1. The van der Waals surface area contributed by atoms with Crippen LogP contribution >= 0.6 is 0 Å². The molecule has 3 N–H and O–H groups in total. The van der Waals surface area contributed by atoms with Crippen LogP contribution < -0.4 is 15.4 Å². The molecule has 2 aromatic carbocycles. The number of rotatable bonds is 8. The van der Waals surface area contributed by atoms with E-state index in [0.29, 0.717) is 19.7 Å². The summed E-state index contributed by atoms with van der Waals surface area (Å²) in [6.07, 6.45) is 0.749. The van der Waals surface area contributed by atoms with Crippen LogP contribution in [0.1, 0.15) is 16.7 Å². The molecule has 128 valence electrons.